The van der Waals surface area contributed by atoms with Gasteiger partial charge in [-0.15, -0.1) is 0 Å². The van der Waals surface area contributed by atoms with Crippen LogP contribution in [0.1, 0.15) is 6.92 Å². The lowest BCUT2D eigenvalue weighted by atomic mass is 10.3. The fraction of sp³-hybridized carbons (Fsp3) is 0.143. The van der Waals surface area contributed by atoms with Crippen molar-refractivity contribution < 1.29 is 4.39 Å². The van der Waals surface area contributed by atoms with Gasteiger partial charge in [-0.25, -0.2) is 4.39 Å². The van der Waals surface area contributed by atoms with E-state index in [0.717, 1.165) is 0 Å². The van der Waals surface area contributed by atoms with Crippen molar-refractivity contribution in [3.05, 3.63) is 36.7 Å². The summed E-state index contributed by atoms with van der Waals surface area (Å²) < 4.78 is 12.2. The molecule has 0 unspecified atom stereocenters. The van der Waals surface area contributed by atoms with E-state index >= 15 is 0 Å². The molecule has 0 saturated carbocycles. The lowest BCUT2D eigenvalue weighted by molar-refractivity contribution is 0.653. The zero-order valence-corrected chi connectivity index (χ0v) is 4.95. The second-order valence-electron chi connectivity index (χ2n) is 1.53. The van der Waals surface area contributed by atoms with Crippen LogP contribution in [0.25, 0.3) is 0 Å². The van der Waals surface area contributed by atoms with Gasteiger partial charge < -0.3 is 0 Å². The van der Waals surface area contributed by atoms with Crippen molar-refractivity contribution in [3.63, 3.8) is 0 Å². The Morgan fingerprint density at radius 1 is 1.62 bits per heavy atom. The van der Waals surface area contributed by atoms with Gasteiger partial charge in [0.25, 0.3) is 0 Å². The number of hydrogen-bond donors (Lipinski definition) is 0. The van der Waals surface area contributed by atoms with Gasteiger partial charge in [-0.1, -0.05) is 19.2 Å². The lowest BCUT2D eigenvalue weighted by Gasteiger charge is -1.87. The maximum atomic E-state index is 12.2. The Morgan fingerprint density at radius 2 is 2.12 bits per heavy atom. The fourth-order valence-electron chi connectivity index (χ4n) is 0.246. The summed E-state index contributed by atoms with van der Waals surface area (Å²) in [4.78, 5) is 0. The SMILES string of the molecule is C=CC=C(F)C(=C)C. The van der Waals surface area contributed by atoms with Gasteiger partial charge in [0.1, 0.15) is 5.83 Å². The first kappa shape index (κ1) is 7.15. The summed E-state index contributed by atoms with van der Waals surface area (Å²) in [6.45, 7) is 8.31. The molecule has 0 rings (SSSR count). The number of halogens is 1. The highest BCUT2D eigenvalue weighted by molar-refractivity contribution is 5.22. The van der Waals surface area contributed by atoms with E-state index in [1.54, 1.807) is 6.92 Å². The van der Waals surface area contributed by atoms with E-state index in [1.165, 1.54) is 12.2 Å². The van der Waals surface area contributed by atoms with Crippen LogP contribution in [0.2, 0.25) is 0 Å². The summed E-state index contributed by atoms with van der Waals surface area (Å²) in [5.74, 6) is -0.306. The highest BCUT2D eigenvalue weighted by Crippen LogP contribution is 2.06. The first-order valence-electron chi connectivity index (χ1n) is 2.32. The van der Waals surface area contributed by atoms with Crippen molar-refractivity contribution in [2.24, 2.45) is 0 Å². The van der Waals surface area contributed by atoms with Crippen LogP contribution in [0, 0.1) is 0 Å². The molecule has 0 atom stereocenters. The van der Waals surface area contributed by atoms with Gasteiger partial charge in [0.05, 0.1) is 0 Å². The molecule has 8 heavy (non-hydrogen) atoms. The molecule has 44 valence electrons. The first-order valence-corrected chi connectivity index (χ1v) is 2.32. The van der Waals surface area contributed by atoms with Gasteiger partial charge in [-0.2, -0.15) is 0 Å². The van der Waals surface area contributed by atoms with Crippen LogP contribution in [0.5, 0.6) is 0 Å². The molecule has 0 heterocycles. The van der Waals surface area contributed by atoms with Crippen molar-refractivity contribution in [2.45, 2.75) is 6.92 Å². The second kappa shape index (κ2) is 3.19. The van der Waals surface area contributed by atoms with Crippen LogP contribution in [0.4, 0.5) is 4.39 Å². The van der Waals surface area contributed by atoms with E-state index in [2.05, 4.69) is 13.2 Å². The smallest absolute Gasteiger partial charge is 0.125 e. The Hall–Kier alpha value is -0.850. The monoisotopic (exact) mass is 112 g/mol. The van der Waals surface area contributed by atoms with Crippen LogP contribution in [-0.2, 0) is 0 Å². The predicted molar refractivity (Wildman–Crippen MR) is 34.2 cm³/mol. The Kier molecular flexibility index (Phi) is 2.85. The Labute approximate surface area is 49.0 Å². The van der Waals surface area contributed by atoms with Gasteiger partial charge >= 0.3 is 0 Å². The summed E-state index contributed by atoms with van der Waals surface area (Å²) in [6, 6.07) is 0. The van der Waals surface area contributed by atoms with E-state index < -0.39 is 0 Å². The molecule has 0 N–H and O–H groups in total. The minimum atomic E-state index is -0.306. The second-order valence-corrected chi connectivity index (χ2v) is 1.53. The van der Waals surface area contributed by atoms with Crippen LogP contribution >= 0.6 is 0 Å². The molecule has 1 heteroatoms. The van der Waals surface area contributed by atoms with E-state index in [1.807, 2.05) is 0 Å². The molecule has 0 saturated heterocycles. The minimum Gasteiger partial charge on any atom is -0.207 e. The molecule has 0 bridgehead atoms. The van der Waals surface area contributed by atoms with Crippen LogP contribution in [-0.4, -0.2) is 0 Å². The van der Waals surface area contributed by atoms with E-state index in [0.29, 0.717) is 5.57 Å². The van der Waals surface area contributed by atoms with Crippen LogP contribution < -0.4 is 0 Å². The van der Waals surface area contributed by atoms with Gasteiger partial charge in [-0.05, 0) is 18.6 Å². The Bertz CT molecular complexity index is 131. The topological polar surface area (TPSA) is 0 Å². The summed E-state index contributed by atoms with van der Waals surface area (Å²) in [5, 5.41) is 0. The van der Waals surface area contributed by atoms with Gasteiger partial charge in [-0.3, -0.25) is 0 Å². The fourth-order valence-corrected chi connectivity index (χ4v) is 0.246. The van der Waals surface area contributed by atoms with E-state index in [9.17, 15) is 4.39 Å². The molecule has 0 fully saturated rings. The third kappa shape index (κ3) is 2.35. The molecule has 0 spiro atoms. The normalized spacial score (nSPS) is 11.0. The molecular formula is C7H9F. The van der Waals surface area contributed by atoms with Crippen LogP contribution in [0.15, 0.2) is 36.7 Å². The molecule has 0 radical (unpaired) electrons. The molecule has 0 aliphatic rings. The maximum Gasteiger partial charge on any atom is 0.125 e. The van der Waals surface area contributed by atoms with Crippen molar-refractivity contribution in [1.82, 2.24) is 0 Å². The minimum absolute atomic E-state index is 0.306. The Morgan fingerprint density at radius 3 is 2.25 bits per heavy atom. The van der Waals surface area contributed by atoms with Gasteiger partial charge in [0.2, 0.25) is 0 Å². The lowest BCUT2D eigenvalue weighted by Crippen LogP contribution is -1.69. The van der Waals surface area contributed by atoms with Crippen LogP contribution in [0.3, 0.4) is 0 Å². The zero-order chi connectivity index (χ0) is 6.57. The summed E-state index contributed by atoms with van der Waals surface area (Å²) in [6.07, 6.45) is 2.67. The molecule has 0 amide bonds. The quantitative estimate of drug-likeness (QED) is 0.481. The van der Waals surface area contributed by atoms with E-state index in [-0.39, 0.29) is 5.83 Å². The van der Waals surface area contributed by atoms with E-state index in [4.69, 9.17) is 0 Å². The molecule has 0 aromatic rings. The zero-order valence-electron chi connectivity index (χ0n) is 4.95. The Balaban J connectivity index is 3.99. The average molecular weight is 112 g/mol. The number of hydrogen-bond acceptors (Lipinski definition) is 0. The first-order chi connectivity index (χ1) is 3.68. The van der Waals surface area contributed by atoms with Crippen molar-refractivity contribution in [3.8, 4) is 0 Å². The number of allylic oxidation sites excluding steroid dienone is 4. The van der Waals surface area contributed by atoms with Gasteiger partial charge in [0.15, 0.2) is 0 Å². The van der Waals surface area contributed by atoms with Crippen molar-refractivity contribution >= 4 is 0 Å². The third-order valence-electron chi connectivity index (χ3n) is 0.672. The largest absolute Gasteiger partial charge is 0.207 e. The standard InChI is InChI=1S/C7H9F/c1-4-5-7(8)6(2)3/h4-5H,1-2H2,3H3. The highest BCUT2D eigenvalue weighted by atomic mass is 19.1. The molecular weight excluding hydrogens is 103 g/mol. The van der Waals surface area contributed by atoms with Crippen molar-refractivity contribution in [1.29, 1.82) is 0 Å². The third-order valence-corrected chi connectivity index (χ3v) is 0.672. The summed E-state index contributed by atoms with van der Waals surface area (Å²) in [5.41, 5.74) is 0.435. The molecule has 0 aromatic heterocycles. The molecule has 0 aliphatic heterocycles. The summed E-state index contributed by atoms with van der Waals surface area (Å²) in [7, 11) is 0. The van der Waals surface area contributed by atoms with Gasteiger partial charge in [0, 0.05) is 0 Å². The maximum absolute atomic E-state index is 12.2. The van der Waals surface area contributed by atoms with Crippen molar-refractivity contribution in [2.75, 3.05) is 0 Å². The highest BCUT2D eigenvalue weighted by Gasteiger charge is 1.88. The molecule has 0 aromatic carbocycles. The summed E-state index contributed by atoms with van der Waals surface area (Å²) >= 11 is 0. The molecule has 0 nitrogen and oxygen atoms in total. The number of rotatable bonds is 2. The average Bonchev–Trinajstić information content (AvgIpc) is 1.67. The predicted octanol–water partition coefficient (Wildman–Crippen LogP) is 2.60. The molecule has 0 aliphatic carbocycles.